The molecule has 2 rings (SSSR count). The molecule has 0 spiro atoms. The van der Waals surface area contributed by atoms with Gasteiger partial charge in [0.25, 0.3) is 0 Å². The highest BCUT2D eigenvalue weighted by Gasteiger charge is 2.07. The fourth-order valence-corrected chi connectivity index (χ4v) is 3.42. The van der Waals surface area contributed by atoms with Crippen LogP contribution in [0.3, 0.4) is 0 Å². The summed E-state index contributed by atoms with van der Waals surface area (Å²) in [6, 6.07) is 6.33. The van der Waals surface area contributed by atoms with E-state index in [0.29, 0.717) is 0 Å². The van der Waals surface area contributed by atoms with Crippen LogP contribution in [0.4, 0.5) is 0 Å². The largest absolute Gasteiger partial charge is 0.313 e. The zero-order valence-electron chi connectivity index (χ0n) is 9.31. The predicted octanol–water partition coefficient (Wildman–Crippen LogP) is 3.56. The smallest absolute Gasteiger partial charge is 0.174 e. The van der Waals surface area contributed by atoms with E-state index < -0.39 is 0 Å². The molecule has 0 aliphatic carbocycles. The highest BCUT2D eigenvalue weighted by molar-refractivity contribution is 9.10. The Balaban J connectivity index is 2.20. The monoisotopic (exact) mass is 329 g/mol. The topological polar surface area (TPSA) is 37.8 Å². The molecule has 0 saturated carbocycles. The number of hydrogen-bond acceptors (Lipinski definition) is 5. The van der Waals surface area contributed by atoms with Crippen molar-refractivity contribution in [2.75, 3.05) is 6.54 Å². The van der Waals surface area contributed by atoms with Crippen LogP contribution in [0, 0.1) is 0 Å². The number of halogens is 1. The van der Waals surface area contributed by atoms with Crippen LogP contribution in [-0.2, 0) is 6.54 Å². The second-order valence-electron chi connectivity index (χ2n) is 3.34. The molecule has 0 aliphatic rings. The summed E-state index contributed by atoms with van der Waals surface area (Å²) in [6.45, 7) is 3.96. The lowest BCUT2D eigenvalue weighted by atomic mass is 10.2. The average Bonchev–Trinajstić information content (AvgIpc) is 2.81. The minimum atomic E-state index is 0.880. The normalized spacial score (nSPS) is 10.7. The minimum absolute atomic E-state index is 0.880. The van der Waals surface area contributed by atoms with Gasteiger partial charge in [0.15, 0.2) is 4.34 Å². The Hall–Kier alpha value is -0.430. The van der Waals surface area contributed by atoms with E-state index in [1.807, 2.05) is 0 Å². The summed E-state index contributed by atoms with van der Waals surface area (Å²) in [5.41, 5.74) is 1.29. The Labute approximate surface area is 117 Å². The van der Waals surface area contributed by atoms with E-state index >= 15 is 0 Å². The Morgan fingerprint density at radius 3 is 3.06 bits per heavy atom. The molecule has 6 heteroatoms. The van der Waals surface area contributed by atoms with Gasteiger partial charge in [-0.2, -0.15) is 4.37 Å². The van der Waals surface area contributed by atoms with E-state index in [9.17, 15) is 0 Å². The van der Waals surface area contributed by atoms with Crippen LogP contribution in [0.5, 0.6) is 0 Å². The van der Waals surface area contributed by atoms with Crippen molar-refractivity contribution < 1.29 is 0 Å². The first-order chi connectivity index (χ1) is 8.29. The first-order valence-corrected chi connectivity index (χ1v) is 7.61. The molecule has 0 radical (unpaired) electrons. The van der Waals surface area contributed by atoms with Gasteiger partial charge in [-0.15, -0.1) is 0 Å². The Bertz CT molecular complexity index is 474. The summed E-state index contributed by atoms with van der Waals surface area (Å²) in [7, 11) is 0. The van der Waals surface area contributed by atoms with Gasteiger partial charge in [0.2, 0.25) is 0 Å². The summed E-state index contributed by atoms with van der Waals surface area (Å²) in [6.07, 6.45) is 1.59. The minimum Gasteiger partial charge on any atom is -0.313 e. The van der Waals surface area contributed by atoms with E-state index in [0.717, 1.165) is 21.9 Å². The van der Waals surface area contributed by atoms with Crippen molar-refractivity contribution in [1.82, 2.24) is 14.7 Å². The van der Waals surface area contributed by atoms with Crippen molar-refractivity contribution in [2.24, 2.45) is 0 Å². The summed E-state index contributed by atoms with van der Waals surface area (Å²) in [5, 5.41) is 3.34. The van der Waals surface area contributed by atoms with Crippen molar-refractivity contribution in [3.63, 3.8) is 0 Å². The van der Waals surface area contributed by atoms with Crippen molar-refractivity contribution in [3.8, 4) is 0 Å². The third-order valence-electron chi connectivity index (χ3n) is 2.13. The van der Waals surface area contributed by atoms with Gasteiger partial charge in [-0.25, -0.2) is 4.98 Å². The second kappa shape index (κ2) is 6.49. The Kier molecular flexibility index (Phi) is 4.97. The lowest BCUT2D eigenvalue weighted by molar-refractivity contribution is 0.718. The van der Waals surface area contributed by atoms with Gasteiger partial charge in [-0.3, -0.25) is 0 Å². The molecule has 0 bridgehead atoms. The number of benzene rings is 1. The molecule has 0 atom stereocenters. The third-order valence-corrected chi connectivity index (χ3v) is 4.44. The van der Waals surface area contributed by atoms with Gasteiger partial charge in [-0.1, -0.05) is 40.7 Å². The molecule has 0 unspecified atom stereocenters. The molecule has 1 N–H and O–H groups in total. The average molecular weight is 330 g/mol. The van der Waals surface area contributed by atoms with Gasteiger partial charge in [0.05, 0.1) is 0 Å². The van der Waals surface area contributed by atoms with Gasteiger partial charge < -0.3 is 5.32 Å². The maximum absolute atomic E-state index is 4.20. The van der Waals surface area contributed by atoms with Crippen LogP contribution in [0.2, 0.25) is 0 Å². The number of hydrogen-bond donors (Lipinski definition) is 1. The van der Waals surface area contributed by atoms with Gasteiger partial charge in [0, 0.05) is 15.9 Å². The first-order valence-electron chi connectivity index (χ1n) is 5.23. The molecule has 0 saturated heterocycles. The van der Waals surface area contributed by atoms with Crippen LogP contribution in [0.15, 0.2) is 38.2 Å². The molecule has 3 nitrogen and oxygen atoms in total. The quantitative estimate of drug-likeness (QED) is 0.910. The van der Waals surface area contributed by atoms with E-state index in [4.69, 9.17) is 0 Å². The van der Waals surface area contributed by atoms with Gasteiger partial charge in [0.1, 0.15) is 6.33 Å². The van der Waals surface area contributed by atoms with Crippen molar-refractivity contribution in [2.45, 2.75) is 22.7 Å². The molecule has 0 aliphatic heterocycles. The van der Waals surface area contributed by atoms with Gasteiger partial charge >= 0.3 is 0 Å². The zero-order valence-corrected chi connectivity index (χ0v) is 12.5. The van der Waals surface area contributed by atoms with Crippen LogP contribution in [0.1, 0.15) is 12.5 Å². The van der Waals surface area contributed by atoms with Gasteiger partial charge in [-0.05, 0) is 35.8 Å². The molecule has 1 heterocycles. The zero-order chi connectivity index (χ0) is 12.1. The molecular formula is C11H12BrN3S2. The lowest BCUT2D eigenvalue weighted by Gasteiger charge is -2.08. The number of nitrogens with one attached hydrogen (secondary N) is 1. The molecule has 2 aromatic rings. The molecule has 17 heavy (non-hydrogen) atoms. The summed E-state index contributed by atoms with van der Waals surface area (Å²) in [5.74, 6) is 0. The van der Waals surface area contributed by atoms with E-state index in [2.05, 4.69) is 55.7 Å². The van der Waals surface area contributed by atoms with Crippen LogP contribution in [0.25, 0.3) is 0 Å². The summed E-state index contributed by atoms with van der Waals surface area (Å²) in [4.78, 5) is 5.42. The molecule has 90 valence electrons. The Morgan fingerprint density at radius 2 is 2.35 bits per heavy atom. The maximum atomic E-state index is 4.20. The van der Waals surface area contributed by atoms with Crippen molar-refractivity contribution in [1.29, 1.82) is 0 Å². The maximum Gasteiger partial charge on any atom is 0.174 e. The molecular weight excluding hydrogens is 318 g/mol. The highest BCUT2D eigenvalue weighted by Crippen LogP contribution is 2.32. The third kappa shape index (κ3) is 3.77. The van der Waals surface area contributed by atoms with E-state index in [1.54, 1.807) is 18.1 Å². The van der Waals surface area contributed by atoms with Crippen LogP contribution >= 0.6 is 39.2 Å². The van der Waals surface area contributed by atoms with Crippen molar-refractivity contribution >= 4 is 39.2 Å². The van der Waals surface area contributed by atoms with Crippen LogP contribution < -0.4 is 5.32 Å². The highest BCUT2D eigenvalue weighted by atomic mass is 79.9. The molecule has 1 aromatic carbocycles. The predicted molar refractivity (Wildman–Crippen MR) is 75.6 cm³/mol. The molecule has 0 amide bonds. The van der Waals surface area contributed by atoms with E-state index in [1.165, 1.54) is 22.0 Å². The van der Waals surface area contributed by atoms with E-state index in [-0.39, 0.29) is 0 Å². The van der Waals surface area contributed by atoms with Crippen molar-refractivity contribution in [3.05, 3.63) is 34.6 Å². The fraction of sp³-hybridized carbons (Fsp3) is 0.273. The number of aromatic nitrogens is 2. The SMILES string of the molecule is CCNCc1ccc(Br)cc1Sc1ncns1. The second-order valence-corrected chi connectivity index (χ2v) is 6.33. The Morgan fingerprint density at radius 1 is 1.47 bits per heavy atom. The number of nitrogens with zero attached hydrogens (tertiary/aromatic N) is 2. The number of rotatable bonds is 5. The summed E-state index contributed by atoms with van der Waals surface area (Å²) >= 11 is 6.58. The standard InChI is InChI=1S/C11H12BrN3S2/c1-2-13-6-8-3-4-9(12)5-10(8)16-11-14-7-15-17-11/h3-5,7,13H,2,6H2,1H3. The summed E-state index contributed by atoms with van der Waals surface area (Å²) < 4.78 is 6.08. The molecule has 0 fully saturated rings. The lowest BCUT2D eigenvalue weighted by Crippen LogP contribution is -2.12. The molecule has 1 aromatic heterocycles. The fourth-order valence-electron chi connectivity index (χ4n) is 1.33. The first kappa shape index (κ1) is 13.0. The van der Waals surface area contributed by atoms with Crippen LogP contribution in [-0.4, -0.2) is 15.9 Å².